The molecule has 0 aliphatic carbocycles. The van der Waals surface area contributed by atoms with E-state index in [0.29, 0.717) is 5.92 Å². The quantitative estimate of drug-likeness (QED) is 0.801. The van der Waals surface area contributed by atoms with Crippen molar-refractivity contribution in [2.75, 3.05) is 20.8 Å². The van der Waals surface area contributed by atoms with Crippen LogP contribution in [0.2, 0.25) is 0 Å². The first kappa shape index (κ1) is 15.5. The van der Waals surface area contributed by atoms with E-state index >= 15 is 0 Å². The molecule has 0 aliphatic rings. The largest absolute Gasteiger partial charge is 0.491 e. The number of esters is 1. The number of aryl methyl sites for hydroxylation is 1. The van der Waals surface area contributed by atoms with Crippen LogP contribution < -0.4 is 10.1 Å². The van der Waals surface area contributed by atoms with Gasteiger partial charge in [-0.15, -0.1) is 0 Å². The molecule has 0 radical (unpaired) electrons. The van der Waals surface area contributed by atoms with Crippen LogP contribution in [0.1, 0.15) is 30.9 Å². The summed E-state index contributed by atoms with van der Waals surface area (Å²) in [5.74, 6) is 0.944. The van der Waals surface area contributed by atoms with E-state index in [-0.39, 0.29) is 12.6 Å². The maximum atomic E-state index is 11.5. The van der Waals surface area contributed by atoms with Crippen LogP contribution >= 0.6 is 0 Å². The molecule has 0 saturated heterocycles. The van der Waals surface area contributed by atoms with E-state index in [2.05, 4.69) is 25.2 Å². The Morgan fingerprint density at radius 1 is 1.37 bits per heavy atom. The zero-order valence-electron chi connectivity index (χ0n) is 12.3. The maximum absolute atomic E-state index is 11.5. The van der Waals surface area contributed by atoms with Gasteiger partial charge in [0, 0.05) is 0 Å². The first-order valence-corrected chi connectivity index (χ1v) is 6.48. The molecule has 1 aromatic carbocycles. The van der Waals surface area contributed by atoms with Gasteiger partial charge < -0.3 is 14.8 Å². The van der Waals surface area contributed by atoms with E-state index in [0.717, 1.165) is 11.3 Å². The summed E-state index contributed by atoms with van der Waals surface area (Å²) in [6, 6.07) is 5.72. The number of methoxy groups -OCH3 is 1. The first-order valence-electron chi connectivity index (χ1n) is 6.48. The summed E-state index contributed by atoms with van der Waals surface area (Å²) in [6.07, 6.45) is 0. The normalized spacial score (nSPS) is 12.3. The molecule has 19 heavy (non-hydrogen) atoms. The molecule has 0 aromatic heterocycles. The Balaban J connectivity index is 2.76. The van der Waals surface area contributed by atoms with Crippen molar-refractivity contribution in [3.63, 3.8) is 0 Å². The van der Waals surface area contributed by atoms with Gasteiger partial charge in [-0.1, -0.05) is 26.0 Å². The Morgan fingerprint density at radius 2 is 2.05 bits per heavy atom. The minimum absolute atomic E-state index is 0.256. The fraction of sp³-hybridized carbons (Fsp3) is 0.533. The Labute approximate surface area is 115 Å². The Hall–Kier alpha value is -1.55. The van der Waals surface area contributed by atoms with Gasteiger partial charge in [-0.05, 0) is 37.1 Å². The molecule has 0 spiro atoms. The molecule has 1 atom stereocenters. The third-order valence-electron chi connectivity index (χ3n) is 3.12. The lowest BCUT2D eigenvalue weighted by molar-refractivity contribution is -0.143. The van der Waals surface area contributed by atoms with E-state index in [4.69, 9.17) is 9.47 Å². The van der Waals surface area contributed by atoms with Gasteiger partial charge in [0.25, 0.3) is 0 Å². The second kappa shape index (κ2) is 7.14. The predicted molar refractivity (Wildman–Crippen MR) is 75.6 cm³/mol. The molecule has 0 fully saturated rings. The lowest BCUT2D eigenvalue weighted by Gasteiger charge is -2.17. The summed E-state index contributed by atoms with van der Waals surface area (Å²) in [4.78, 5) is 11.5. The lowest BCUT2D eigenvalue weighted by Crippen LogP contribution is -2.40. The molecule has 106 valence electrons. The molecule has 4 heteroatoms. The van der Waals surface area contributed by atoms with Crippen LogP contribution in [0.25, 0.3) is 0 Å². The van der Waals surface area contributed by atoms with E-state index in [1.165, 1.54) is 12.7 Å². The molecule has 0 aliphatic heterocycles. The standard InChI is InChI=1S/C15H23NO3/c1-10(2)12-7-6-11(3)14(8-12)19-9-13(16-4)15(17)18-5/h6-8,10,13,16H,9H2,1-5H3. The highest BCUT2D eigenvalue weighted by atomic mass is 16.5. The maximum Gasteiger partial charge on any atom is 0.326 e. The Morgan fingerprint density at radius 3 is 2.58 bits per heavy atom. The second-order valence-corrected chi connectivity index (χ2v) is 4.86. The summed E-state index contributed by atoms with van der Waals surface area (Å²) in [7, 11) is 3.08. The van der Waals surface area contributed by atoms with Crippen LogP contribution in [0, 0.1) is 6.92 Å². The smallest absolute Gasteiger partial charge is 0.326 e. The molecule has 0 amide bonds. The van der Waals surface area contributed by atoms with E-state index in [1.54, 1.807) is 7.05 Å². The Kier molecular flexibility index (Phi) is 5.83. The average molecular weight is 265 g/mol. The summed E-state index contributed by atoms with van der Waals surface area (Å²) in [6.45, 7) is 6.52. The molecule has 0 saturated carbocycles. The number of hydrogen-bond donors (Lipinski definition) is 1. The molecule has 1 rings (SSSR count). The minimum Gasteiger partial charge on any atom is -0.491 e. The molecular formula is C15H23NO3. The van der Waals surface area contributed by atoms with Gasteiger partial charge in [0.1, 0.15) is 18.4 Å². The highest BCUT2D eigenvalue weighted by Gasteiger charge is 2.18. The number of carbonyl (C=O) groups excluding carboxylic acids is 1. The van der Waals surface area contributed by atoms with Gasteiger partial charge in [-0.25, -0.2) is 0 Å². The molecule has 1 aromatic rings. The van der Waals surface area contributed by atoms with Gasteiger partial charge in [0.05, 0.1) is 7.11 Å². The monoisotopic (exact) mass is 265 g/mol. The van der Waals surface area contributed by atoms with Crippen LogP contribution in [-0.4, -0.2) is 32.8 Å². The molecule has 1 unspecified atom stereocenters. The fourth-order valence-electron chi connectivity index (χ4n) is 1.72. The summed E-state index contributed by atoms with van der Waals surface area (Å²) in [5, 5.41) is 2.88. The van der Waals surface area contributed by atoms with Crippen molar-refractivity contribution in [3.8, 4) is 5.75 Å². The number of benzene rings is 1. The average Bonchev–Trinajstić information content (AvgIpc) is 2.40. The molecule has 1 N–H and O–H groups in total. The van der Waals surface area contributed by atoms with Crippen LogP contribution in [0.15, 0.2) is 18.2 Å². The number of likely N-dealkylation sites (N-methyl/N-ethyl adjacent to an activating group) is 1. The predicted octanol–water partition coefficient (Wildman–Crippen LogP) is 2.26. The highest BCUT2D eigenvalue weighted by molar-refractivity contribution is 5.75. The van der Waals surface area contributed by atoms with Gasteiger partial charge in [0.2, 0.25) is 0 Å². The number of hydrogen-bond acceptors (Lipinski definition) is 4. The van der Waals surface area contributed by atoms with Crippen molar-refractivity contribution in [2.24, 2.45) is 0 Å². The summed E-state index contributed by atoms with van der Waals surface area (Å²) < 4.78 is 10.4. The topological polar surface area (TPSA) is 47.6 Å². The van der Waals surface area contributed by atoms with Gasteiger partial charge >= 0.3 is 5.97 Å². The van der Waals surface area contributed by atoms with Crippen LogP contribution in [0.3, 0.4) is 0 Å². The van der Waals surface area contributed by atoms with Gasteiger partial charge in [0.15, 0.2) is 0 Å². The van der Waals surface area contributed by atoms with Crippen LogP contribution in [-0.2, 0) is 9.53 Å². The summed E-state index contributed by atoms with van der Waals surface area (Å²) in [5.41, 5.74) is 2.28. The van der Waals surface area contributed by atoms with Crippen LogP contribution in [0.4, 0.5) is 0 Å². The lowest BCUT2D eigenvalue weighted by atomic mass is 10.0. The van der Waals surface area contributed by atoms with Gasteiger partial charge in [-0.3, -0.25) is 4.79 Å². The zero-order valence-corrected chi connectivity index (χ0v) is 12.3. The third kappa shape index (κ3) is 4.24. The Bertz CT molecular complexity index is 429. The molecule has 4 nitrogen and oxygen atoms in total. The van der Waals surface area contributed by atoms with Crippen molar-refractivity contribution in [1.82, 2.24) is 5.32 Å². The number of rotatable bonds is 6. The van der Waals surface area contributed by atoms with Crippen molar-refractivity contribution >= 4 is 5.97 Å². The third-order valence-corrected chi connectivity index (χ3v) is 3.12. The molecule has 0 bridgehead atoms. The second-order valence-electron chi connectivity index (χ2n) is 4.86. The van der Waals surface area contributed by atoms with Crippen molar-refractivity contribution in [1.29, 1.82) is 0 Å². The number of ether oxygens (including phenoxy) is 2. The number of nitrogens with one attached hydrogen (secondary N) is 1. The van der Waals surface area contributed by atoms with Crippen molar-refractivity contribution in [3.05, 3.63) is 29.3 Å². The number of carbonyl (C=O) groups is 1. The summed E-state index contributed by atoms with van der Waals surface area (Å²) >= 11 is 0. The SMILES string of the molecule is CNC(COc1cc(C(C)C)ccc1C)C(=O)OC. The van der Waals surface area contributed by atoms with Crippen LogP contribution in [0.5, 0.6) is 5.75 Å². The van der Waals surface area contributed by atoms with E-state index in [9.17, 15) is 4.79 Å². The highest BCUT2D eigenvalue weighted by Crippen LogP contribution is 2.24. The molecule has 0 heterocycles. The fourth-order valence-corrected chi connectivity index (χ4v) is 1.72. The van der Waals surface area contributed by atoms with E-state index in [1.807, 2.05) is 19.1 Å². The van der Waals surface area contributed by atoms with Gasteiger partial charge in [-0.2, -0.15) is 0 Å². The first-order chi connectivity index (χ1) is 8.99. The minimum atomic E-state index is -0.452. The van der Waals surface area contributed by atoms with E-state index < -0.39 is 6.04 Å². The zero-order chi connectivity index (χ0) is 14.4. The molecular weight excluding hydrogens is 242 g/mol. The van der Waals surface area contributed by atoms with Crippen molar-refractivity contribution in [2.45, 2.75) is 32.7 Å². The van der Waals surface area contributed by atoms with Crippen molar-refractivity contribution < 1.29 is 14.3 Å².